The van der Waals surface area contributed by atoms with Crippen LogP contribution in [0.2, 0.25) is 0 Å². The van der Waals surface area contributed by atoms with Crippen LogP contribution in [0, 0.1) is 0 Å². The number of para-hydroxylation sites is 2. The molecule has 16 heavy (non-hydrogen) atoms. The zero-order chi connectivity index (χ0) is 11.8. The highest BCUT2D eigenvalue weighted by Gasteiger charge is 2.44. The number of nitrogens with zero attached hydrogens (tertiary/aromatic N) is 2. The number of fused-ring (bicyclic) bond motifs is 1. The lowest BCUT2D eigenvalue weighted by Crippen LogP contribution is -2.55. The topological polar surface area (TPSA) is 26.7 Å². The van der Waals surface area contributed by atoms with Gasteiger partial charge in [-0.1, -0.05) is 12.1 Å². The monoisotopic (exact) mass is 220 g/mol. The van der Waals surface area contributed by atoms with Crippen molar-refractivity contribution in [2.45, 2.75) is 12.7 Å². The van der Waals surface area contributed by atoms with Gasteiger partial charge in [0.05, 0.1) is 18.0 Å². The fourth-order valence-corrected chi connectivity index (χ4v) is 2.17. The van der Waals surface area contributed by atoms with Crippen molar-refractivity contribution in [3.8, 4) is 0 Å². The van der Waals surface area contributed by atoms with E-state index in [1.807, 2.05) is 31.2 Å². The van der Waals surface area contributed by atoms with Crippen LogP contribution in [-0.2, 0) is 0 Å². The van der Waals surface area contributed by atoms with Crippen LogP contribution < -0.4 is 9.80 Å². The van der Waals surface area contributed by atoms with E-state index >= 15 is 0 Å². The SMILES string of the molecule is [B]C1(F)N(CC)c2ccccc2N1CCO. The molecule has 1 N–H and O–H groups in total. The van der Waals surface area contributed by atoms with Crippen molar-refractivity contribution in [1.82, 2.24) is 0 Å². The molecule has 0 aliphatic carbocycles. The van der Waals surface area contributed by atoms with Crippen LogP contribution in [0.1, 0.15) is 6.92 Å². The molecule has 2 rings (SSSR count). The van der Waals surface area contributed by atoms with Gasteiger partial charge in [-0.2, -0.15) is 0 Å². The fraction of sp³-hybridized carbons (Fsp3) is 0.455. The number of β-amino-alcohol motifs (C(OH)–C–C–N with tert-alkyl or cyclic N) is 1. The molecule has 0 bridgehead atoms. The van der Waals surface area contributed by atoms with Crippen molar-refractivity contribution in [2.24, 2.45) is 0 Å². The molecule has 0 saturated heterocycles. The normalized spacial score (nSPS) is 23.7. The Bertz CT molecular complexity index is 386. The molecule has 1 aliphatic rings. The average Bonchev–Trinajstić information content (AvgIpc) is 2.48. The van der Waals surface area contributed by atoms with Gasteiger partial charge in [-0.05, 0) is 19.1 Å². The molecule has 3 nitrogen and oxygen atoms in total. The minimum atomic E-state index is -2.05. The van der Waals surface area contributed by atoms with E-state index in [4.69, 9.17) is 13.0 Å². The first-order valence-electron chi connectivity index (χ1n) is 5.36. The van der Waals surface area contributed by atoms with Crippen LogP contribution in [0.25, 0.3) is 0 Å². The summed E-state index contributed by atoms with van der Waals surface area (Å²) in [5, 5.41) is 8.96. The predicted molar refractivity (Wildman–Crippen MR) is 63.5 cm³/mol. The second-order valence-corrected chi connectivity index (χ2v) is 3.74. The molecule has 0 amide bonds. The molecule has 0 aromatic heterocycles. The standard InChI is InChI=1S/C11H14BFN2O/c1-2-14-9-5-3-4-6-10(9)15(7-8-16)11(14,12)13/h3-6,16H,2,7-8H2,1H3. The molecule has 1 aliphatic heterocycles. The molecular weight excluding hydrogens is 206 g/mol. The van der Waals surface area contributed by atoms with E-state index in [9.17, 15) is 4.39 Å². The smallest absolute Gasteiger partial charge is 0.206 e. The first-order chi connectivity index (χ1) is 7.62. The van der Waals surface area contributed by atoms with Crippen molar-refractivity contribution in [2.75, 3.05) is 29.5 Å². The predicted octanol–water partition coefficient (Wildman–Crippen LogP) is 1.07. The highest BCUT2D eigenvalue weighted by Crippen LogP contribution is 2.43. The van der Waals surface area contributed by atoms with Crippen molar-refractivity contribution in [1.29, 1.82) is 0 Å². The number of halogens is 1. The Balaban J connectivity index is 2.47. The second kappa shape index (κ2) is 3.98. The summed E-state index contributed by atoms with van der Waals surface area (Å²) in [6.45, 7) is 2.38. The molecule has 0 fully saturated rings. The Morgan fingerprint density at radius 1 is 1.31 bits per heavy atom. The number of alkyl halides is 1. The van der Waals surface area contributed by atoms with Gasteiger partial charge >= 0.3 is 0 Å². The quantitative estimate of drug-likeness (QED) is 0.609. The van der Waals surface area contributed by atoms with Gasteiger partial charge in [0, 0.05) is 13.1 Å². The van der Waals surface area contributed by atoms with Crippen LogP contribution in [0.4, 0.5) is 15.8 Å². The number of anilines is 2. The minimum Gasteiger partial charge on any atom is -0.395 e. The molecular formula is C11H14BFN2O. The van der Waals surface area contributed by atoms with E-state index < -0.39 is 5.82 Å². The number of rotatable bonds is 3. The first kappa shape index (κ1) is 11.3. The fourth-order valence-electron chi connectivity index (χ4n) is 2.17. The van der Waals surface area contributed by atoms with Gasteiger partial charge < -0.3 is 14.9 Å². The first-order valence-corrected chi connectivity index (χ1v) is 5.36. The highest BCUT2D eigenvalue weighted by atomic mass is 19.1. The maximum absolute atomic E-state index is 14.4. The summed E-state index contributed by atoms with van der Waals surface area (Å²) in [6, 6.07) is 7.32. The average molecular weight is 220 g/mol. The highest BCUT2D eigenvalue weighted by molar-refractivity contribution is 6.19. The van der Waals surface area contributed by atoms with Gasteiger partial charge in [0.15, 0.2) is 7.85 Å². The summed E-state index contributed by atoms with van der Waals surface area (Å²) in [7, 11) is 5.69. The molecule has 1 aromatic rings. The summed E-state index contributed by atoms with van der Waals surface area (Å²) in [5.74, 6) is -2.05. The van der Waals surface area contributed by atoms with E-state index in [0.29, 0.717) is 6.54 Å². The molecule has 84 valence electrons. The van der Waals surface area contributed by atoms with Crippen LogP contribution in [0.3, 0.4) is 0 Å². The molecule has 1 heterocycles. The lowest BCUT2D eigenvalue weighted by atomic mass is 10.00. The van der Waals surface area contributed by atoms with Gasteiger partial charge in [0.2, 0.25) is 5.82 Å². The molecule has 0 spiro atoms. The van der Waals surface area contributed by atoms with Crippen LogP contribution >= 0.6 is 0 Å². The molecule has 1 aromatic carbocycles. The molecule has 1 atom stereocenters. The summed E-state index contributed by atoms with van der Waals surface area (Å²) < 4.78 is 14.4. The molecule has 2 radical (unpaired) electrons. The van der Waals surface area contributed by atoms with E-state index in [1.165, 1.54) is 9.80 Å². The summed E-state index contributed by atoms with van der Waals surface area (Å²) in [6.07, 6.45) is 0. The van der Waals surface area contributed by atoms with Crippen molar-refractivity contribution in [3.63, 3.8) is 0 Å². The number of hydrogen-bond acceptors (Lipinski definition) is 3. The Labute approximate surface area is 95.9 Å². The number of aliphatic hydroxyl groups is 1. The van der Waals surface area contributed by atoms with Crippen molar-refractivity contribution < 1.29 is 9.50 Å². The summed E-state index contributed by atoms with van der Waals surface area (Å²) in [5.41, 5.74) is 1.49. The van der Waals surface area contributed by atoms with E-state index in [2.05, 4.69) is 0 Å². The largest absolute Gasteiger partial charge is 0.395 e. The lowest BCUT2D eigenvalue weighted by molar-refractivity contribution is 0.237. The Morgan fingerprint density at radius 2 is 1.88 bits per heavy atom. The lowest BCUT2D eigenvalue weighted by Gasteiger charge is -2.36. The van der Waals surface area contributed by atoms with Crippen LogP contribution in [0.5, 0.6) is 0 Å². The molecule has 1 unspecified atom stereocenters. The van der Waals surface area contributed by atoms with Gasteiger partial charge in [0.25, 0.3) is 0 Å². The van der Waals surface area contributed by atoms with Crippen LogP contribution in [0.15, 0.2) is 24.3 Å². The maximum atomic E-state index is 14.4. The van der Waals surface area contributed by atoms with Gasteiger partial charge in [-0.15, -0.1) is 0 Å². The summed E-state index contributed by atoms with van der Waals surface area (Å²) in [4.78, 5) is 2.86. The minimum absolute atomic E-state index is 0.130. The maximum Gasteiger partial charge on any atom is 0.206 e. The Hall–Kier alpha value is -1.23. The number of hydrogen-bond donors (Lipinski definition) is 1. The zero-order valence-corrected chi connectivity index (χ0v) is 9.23. The third-order valence-electron chi connectivity index (χ3n) is 2.86. The van der Waals surface area contributed by atoms with E-state index in [1.54, 1.807) is 0 Å². The number of benzene rings is 1. The Morgan fingerprint density at radius 3 is 2.38 bits per heavy atom. The third-order valence-corrected chi connectivity index (χ3v) is 2.86. The third kappa shape index (κ3) is 1.46. The second-order valence-electron chi connectivity index (χ2n) is 3.74. The molecule has 0 saturated carbocycles. The van der Waals surface area contributed by atoms with E-state index in [-0.39, 0.29) is 13.2 Å². The molecule has 5 heteroatoms. The zero-order valence-electron chi connectivity index (χ0n) is 9.23. The van der Waals surface area contributed by atoms with Gasteiger partial charge in [-0.3, -0.25) is 0 Å². The van der Waals surface area contributed by atoms with Crippen LogP contribution in [-0.4, -0.2) is 38.5 Å². The van der Waals surface area contributed by atoms with E-state index in [0.717, 1.165) is 11.4 Å². The van der Waals surface area contributed by atoms with Gasteiger partial charge in [0.1, 0.15) is 0 Å². The summed E-state index contributed by atoms with van der Waals surface area (Å²) >= 11 is 0. The van der Waals surface area contributed by atoms with Crippen molar-refractivity contribution in [3.05, 3.63) is 24.3 Å². The number of aliphatic hydroxyl groups excluding tert-OH is 1. The van der Waals surface area contributed by atoms with Crippen molar-refractivity contribution >= 4 is 19.2 Å². The Kier molecular flexibility index (Phi) is 2.80. The van der Waals surface area contributed by atoms with Gasteiger partial charge in [-0.25, -0.2) is 4.39 Å².